The second kappa shape index (κ2) is 5.04. The van der Waals surface area contributed by atoms with Crippen LogP contribution in [0.5, 0.6) is 0 Å². The van der Waals surface area contributed by atoms with E-state index in [0.717, 1.165) is 4.70 Å². The zero-order chi connectivity index (χ0) is 14.0. The van der Waals surface area contributed by atoms with E-state index in [-0.39, 0.29) is 5.69 Å². The second-order valence-electron chi connectivity index (χ2n) is 3.87. The van der Waals surface area contributed by atoms with E-state index in [1.807, 2.05) is 0 Å². The van der Waals surface area contributed by atoms with E-state index >= 15 is 0 Å². The molecule has 0 saturated heterocycles. The van der Waals surface area contributed by atoms with Gasteiger partial charge < -0.3 is 10.4 Å². The molecule has 1 heterocycles. The Morgan fingerprint density at radius 3 is 2.84 bits per heavy atom. The molecule has 0 aliphatic rings. The molecule has 0 radical (unpaired) electrons. The number of thiazole rings is 1. The van der Waals surface area contributed by atoms with E-state index < -0.39 is 24.6 Å². The molecule has 0 aliphatic heterocycles. The molecule has 0 spiro atoms. The number of carboxylic acids is 1. The zero-order valence-corrected chi connectivity index (χ0v) is 10.3. The number of rotatable bonds is 4. The van der Waals surface area contributed by atoms with Gasteiger partial charge in [0.05, 0.1) is 22.1 Å². The van der Waals surface area contributed by atoms with Crippen LogP contribution < -0.4 is 5.32 Å². The summed E-state index contributed by atoms with van der Waals surface area (Å²) in [5.41, 5.74) is 2.50. The summed E-state index contributed by atoms with van der Waals surface area (Å²) in [5.74, 6) is -1.51. The lowest BCUT2D eigenvalue weighted by Gasteiger charge is -2.21. The van der Waals surface area contributed by atoms with E-state index in [1.165, 1.54) is 23.5 Å². The maximum atomic E-state index is 12.7. The molecule has 2 aromatic rings. The summed E-state index contributed by atoms with van der Waals surface area (Å²) in [6.07, 6.45) is -5.65. The van der Waals surface area contributed by atoms with E-state index in [0.29, 0.717) is 5.52 Å². The minimum Gasteiger partial charge on any atom is -0.481 e. The number of hydrogen-bond acceptors (Lipinski definition) is 4. The highest BCUT2D eigenvalue weighted by molar-refractivity contribution is 7.16. The molecule has 1 aromatic heterocycles. The average Bonchev–Trinajstić information content (AvgIpc) is 2.73. The van der Waals surface area contributed by atoms with Crippen molar-refractivity contribution in [1.82, 2.24) is 4.98 Å². The number of fused-ring (bicyclic) bond motifs is 1. The monoisotopic (exact) mass is 290 g/mol. The Kier molecular flexibility index (Phi) is 3.61. The maximum Gasteiger partial charge on any atom is 0.409 e. The molecule has 2 rings (SSSR count). The number of alkyl halides is 3. The third kappa shape index (κ3) is 3.34. The first-order chi connectivity index (χ1) is 8.86. The number of nitrogens with one attached hydrogen (secondary N) is 1. The van der Waals surface area contributed by atoms with Gasteiger partial charge in [-0.1, -0.05) is 0 Å². The lowest BCUT2D eigenvalue weighted by molar-refractivity contribution is -0.157. The van der Waals surface area contributed by atoms with Crippen LogP contribution in [0.25, 0.3) is 10.2 Å². The summed E-state index contributed by atoms with van der Waals surface area (Å²) in [6, 6.07) is 2.44. The van der Waals surface area contributed by atoms with Gasteiger partial charge >= 0.3 is 12.1 Å². The van der Waals surface area contributed by atoms with Crippen molar-refractivity contribution in [2.45, 2.75) is 18.6 Å². The number of aromatic nitrogens is 1. The first-order valence-electron chi connectivity index (χ1n) is 5.24. The summed E-state index contributed by atoms with van der Waals surface area (Å²) >= 11 is 1.30. The Hall–Kier alpha value is -1.83. The molecule has 0 fully saturated rings. The van der Waals surface area contributed by atoms with Crippen molar-refractivity contribution in [3.05, 3.63) is 23.7 Å². The molecule has 8 heteroatoms. The number of hydrogen-bond donors (Lipinski definition) is 2. The molecule has 1 atom stereocenters. The summed E-state index contributed by atoms with van der Waals surface area (Å²) in [6.45, 7) is 0. The number of anilines is 1. The van der Waals surface area contributed by atoms with E-state index in [2.05, 4.69) is 10.3 Å². The van der Waals surface area contributed by atoms with Gasteiger partial charge in [-0.05, 0) is 18.2 Å². The van der Waals surface area contributed by atoms with Crippen LogP contribution in [0.15, 0.2) is 23.7 Å². The van der Waals surface area contributed by atoms with E-state index in [4.69, 9.17) is 5.11 Å². The number of benzene rings is 1. The van der Waals surface area contributed by atoms with Gasteiger partial charge in [-0.25, -0.2) is 4.98 Å². The van der Waals surface area contributed by atoms with Crippen molar-refractivity contribution in [2.24, 2.45) is 0 Å². The van der Waals surface area contributed by atoms with Crippen LogP contribution in [0.1, 0.15) is 6.42 Å². The molecule has 0 amide bonds. The first-order valence-corrected chi connectivity index (χ1v) is 6.12. The van der Waals surface area contributed by atoms with E-state index in [9.17, 15) is 18.0 Å². The Labute approximate surface area is 109 Å². The summed E-state index contributed by atoms with van der Waals surface area (Å²) in [4.78, 5) is 14.5. The zero-order valence-electron chi connectivity index (χ0n) is 9.44. The molecule has 4 nitrogen and oxygen atoms in total. The highest BCUT2D eigenvalue weighted by Crippen LogP contribution is 2.28. The standard InChI is InChI=1S/C11H9F3N2O2S/c12-11(13,14)9(4-10(17)18)16-6-1-2-7-8(3-6)19-5-15-7/h1-3,5,9,16H,4H2,(H,17,18). The maximum absolute atomic E-state index is 12.7. The minimum absolute atomic E-state index is 0.223. The summed E-state index contributed by atoms with van der Waals surface area (Å²) < 4.78 is 38.8. The van der Waals surface area contributed by atoms with Crippen molar-refractivity contribution in [2.75, 3.05) is 5.32 Å². The van der Waals surface area contributed by atoms with Gasteiger partial charge in [-0.3, -0.25) is 4.79 Å². The number of halogens is 3. The van der Waals surface area contributed by atoms with Gasteiger partial charge in [0, 0.05) is 5.69 Å². The normalized spacial score (nSPS) is 13.4. The van der Waals surface area contributed by atoms with Crippen LogP contribution in [-0.2, 0) is 4.79 Å². The average molecular weight is 290 g/mol. The van der Waals surface area contributed by atoms with Gasteiger partial charge in [0.25, 0.3) is 0 Å². The van der Waals surface area contributed by atoms with Crippen LogP contribution in [0.2, 0.25) is 0 Å². The lowest BCUT2D eigenvalue weighted by Crippen LogP contribution is -2.38. The Morgan fingerprint density at radius 1 is 1.47 bits per heavy atom. The second-order valence-corrected chi connectivity index (χ2v) is 4.76. The molecule has 0 aliphatic carbocycles. The molecule has 0 saturated carbocycles. The molecule has 0 bridgehead atoms. The molecule has 2 N–H and O–H groups in total. The molecule has 19 heavy (non-hydrogen) atoms. The van der Waals surface area contributed by atoms with Gasteiger partial charge in [-0.2, -0.15) is 13.2 Å². The van der Waals surface area contributed by atoms with Gasteiger partial charge in [0.2, 0.25) is 0 Å². The van der Waals surface area contributed by atoms with Gasteiger partial charge in [-0.15, -0.1) is 11.3 Å². The quantitative estimate of drug-likeness (QED) is 0.908. The van der Waals surface area contributed by atoms with Crippen molar-refractivity contribution in [3.63, 3.8) is 0 Å². The van der Waals surface area contributed by atoms with Crippen LogP contribution >= 0.6 is 11.3 Å². The van der Waals surface area contributed by atoms with Crippen molar-refractivity contribution in [1.29, 1.82) is 0 Å². The van der Waals surface area contributed by atoms with Crippen LogP contribution in [0.3, 0.4) is 0 Å². The first kappa shape index (κ1) is 13.6. The largest absolute Gasteiger partial charge is 0.481 e. The topological polar surface area (TPSA) is 62.2 Å². The fourth-order valence-electron chi connectivity index (χ4n) is 1.57. The Balaban J connectivity index is 2.22. The molecule has 1 aromatic carbocycles. The highest BCUT2D eigenvalue weighted by atomic mass is 32.1. The highest BCUT2D eigenvalue weighted by Gasteiger charge is 2.41. The number of carboxylic acid groups (broad SMARTS) is 1. The van der Waals surface area contributed by atoms with Gasteiger partial charge in [0.1, 0.15) is 6.04 Å². The number of aliphatic carboxylic acids is 1. The lowest BCUT2D eigenvalue weighted by atomic mass is 10.2. The smallest absolute Gasteiger partial charge is 0.409 e. The fourth-order valence-corrected chi connectivity index (χ4v) is 2.29. The van der Waals surface area contributed by atoms with Gasteiger partial charge in [0.15, 0.2) is 0 Å². The molecular weight excluding hydrogens is 281 g/mol. The third-order valence-electron chi connectivity index (χ3n) is 2.45. The van der Waals surface area contributed by atoms with Crippen LogP contribution in [0.4, 0.5) is 18.9 Å². The SMILES string of the molecule is O=C(O)CC(Nc1ccc2ncsc2c1)C(F)(F)F. The molecular formula is C11H9F3N2O2S. The third-order valence-corrected chi connectivity index (χ3v) is 3.24. The van der Waals surface area contributed by atoms with Crippen LogP contribution in [0, 0.1) is 0 Å². The summed E-state index contributed by atoms with van der Waals surface area (Å²) in [7, 11) is 0. The Bertz CT molecular complexity index is 597. The predicted octanol–water partition coefficient (Wildman–Crippen LogP) is 3.11. The predicted molar refractivity (Wildman–Crippen MR) is 65.3 cm³/mol. The number of carbonyl (C=O) groups is 1. The van der Waals surface area contributed by atoms with E-state index in [1.54, 1.807) is 11.6 Å². The van der Waals surface area contributed by atoms with Crippen molar-refractivity contribution in [3.8, 4) is 0 Å². The Morgan fingerprint density at radius 2 is 2.21 bits per heavy atom. The number of nitrogens with zero attached hydrogens (tertiary/aromatic N) is 1. The van der Waals surface area contributed by atoms with Crippen molar-refractivity contribution >= 4 is 33.2 Å². The fraction of sp³-hybridized carbons (Fsp3) is 0.273. The summed E-state index contributed by atoms with van der Waals surface area (Å²) in [5, 5.41) is 10.7. The molecule has 1 unspecified atom stereocenters. The van der Waals surface area contributed by atoms with Crippen molar-refractivity contribution < 1.29 is 23.1 Å². The minimum atomic E-state index is -4.62. The van der Waals surface area contributed by atoms with Crippen LogP contribution in [-0.4, -0.2) is 28.3 Å². The molecule has 102 valence electrons.